The summed E-state index contributed by atoms with van der Waals surface area (Å²) in [5, 5.41) is 10.2. The number of hydrogen-bond donors (Lipinski definition) is 0. The van der Waals surface area contributed by atoms with Crippen LogP contribution in [0.3, 0.4) is 0 Å². The van der Waals surface area contributed by atoms with Crippen LogP contribution in [-0.4, -0.2) is 11.4 Å². The predicted octanol–water partition coefficient (Wildman–Crippen LogP) is 5.30. The first-order chi connectivity index (χ1) is 10.7. The summed E-state index contributed by atoms with van der Waals surface area (Å²) in [7, 11) is 0. The van der Waals surface area contributed by atoms with Crippen molar-refractivity contribution in [3.8, 4) is 6.07 Å². The van der Waals surface area contributed by atoms with Gasteiger partial charge in [0.15, 0.2) is 0 Å². The van der Waals surface area contributed by atoms with Crippen molar-refractivity contribution in [2.75, 3.05) is 6.54 Å². The fourth-order valence-corrected chi connectivity index (χ4v) is 2.54. The minimum absolute atomic E-state index is 0.581. The summed E-state index contributed by atoms with van der Waals surface area (Å²) in [5.41, 5.74) is 2.44. The number of unbranched alkanes of at least 4 members (excludes halogenated alkanes) is 1. The summed E-state index contributed by atoms with van der Waals surface area (Å²) in [5.74, 6) is 0. The van der Waals surface area contributed by atoms with Crippen LogP contribution < -0.4 is 0 Å². The molecule has 0 aromatic heterocycles. The number of rotatable bonds is 7. The van der Waals surface area contributed by atoms with E-state index in [2.05, 4.69) is 11.0 Å². The summed E-state index contributed by atoms with van der Waals surface area (Å²) in [4.78, 5) is 2.34. The van der Waals surface area contributed by atoms with E-state index in [9.17, 15) is 0 Å². The monoisotopic (exact) mass is 332 g/mol. The Morgan fingerprint density at radius 3 is 1.68 bits per heavy atom. The highest BCUT2D eigenvalue weighted by molar-refractivity contribution is 6.30. The van der Waals surface area contributed by atoms with Crippen LogP contribution in [0.2, 0.25) is 10.0 Å². The number of benzene rings is 2. The minimum atomic E-state index is 0.581. The van der Waals surface area contributed by atoms with Gasteiger partial charge in [-0.1, -0.05) is 47.5 Å². The summed E-state index contributed by atoms with van der Waals surface area (Å²) < 4.78 is 0. The van der Waals surface area contributed by atoms with Crippen molar-refractivity contribution in [2.24, 2.45) is 0 Å². The Labute approximate surface area is 141 Å². The third kappa shape index (κ3) is 5.69. The van der Waals surface area contributed by atoms with Crippen molar-refractivity contribution in [3.63, 3.8) is 0 Å². The fraction of sp³-hybridized carbons (Fsp3) is 0.278. The van der Waals surface area contributed by atoms with E-state index >= 15 is 0 Å². The van der Waals surface area contributed by atoms with Crippen LogP contribution in [0, 0.1) is 11.3 Å². The molecule has 22 heavy (non-hydrogen) atoms. The molecule has 2 aromatic carbocycles. The highest BCUT2D eigenvalue weighted by Gasteiger charge is 2.07. The minimum Gasteiger partial charge on any atom is -0.295 e. The van der Waals surface area contributed by atoms with Crippen LogP contribution in [0.5, 0.6) is 0 Å². The van der Waals surface area contributed by atoms with Crippen LogP contribution in [0.25, 0.3) is 0 Å². The molecule has 0 fully saturated rings. The molecule has 0 N–H and O–H groups in total. The normalized spacial score (nSPS) is 10.6. The molecule has 0 atom stereocenters. The molecule has 0 heterocycles. The SMILES string of the molecule is N#CCCCN(Cc1ccc(Cl)cc1)Cc1ccc(Cl)cc1. The summed E-state index contributed by atoms with van der Waals surface area (Å²) >= 11 is 11.9. The van der Waals surface area contributed by atoms with Gasteiger partial charge in [0.25, 0.3) is 0 Å². The molecule has 0 aliphatic carbocycles. The lowest BCUT2D eigenvalue weighted by atomic mass is 10.1. The van der Waals surface area contributed by atoms with Crippen LogP contribution in [0.15, 0.2) is 48.5 Å². The van der Waals surface area contributed by atoms with Crippen LogP contribution in [0.4, 0.5) is 0 Å². The highest BCUT2D eigenvalue weighted by atomic mass is 35.5. The summed E-state index contributed by atoms with van der Waals surface area (Å²) in [6, 6.07) is 18.0. The van der Waals surface area contributed by atoms with Gasteiger partial charge in [0.1, 0.15) is 0 Å². The van der Waals surface area contributed by atoms with Gasteiger partial charge in [0.2, 0.25) is 0 Å². The molecule has 0 amide bonds. The van der Waals surface area contributed by atoms with Gasteiger partial charge >= 0.3 is 0 Å². The molecular formula is C18H18Cl2N2. The van der Waals surface area contributed by atoms with Crippen molar-refractivity contribution in [2.45, 2.75) is 25.9 Å². The molecule has 2 nitrogen and oxygen atoms in total. The second kappa shape index (κ2) is 8.80. The van der Waals surface area contributed by atoms with E-state index in [0.717, 1.165) is 36.1 Å². The average molecular weight is 333 g/mol. The lowest BCUT2D eigenvalue weighted by Gasteiger charge is -2.22. The van der Waals surface area contributed by atoms with Crippen molar-refractivity contribution in [1.82, 2.24) is 4.90 Å². The maximum atomic E-state index is 8.72. The van der Waals surface area contributed by atoms with E-state index in [-0.39, 0.29) is 0 Å². The molecule has 0 saturated heterocycles. The lowest BCUT2D eigenvalue weighted by molar-refractivity contribution is 0.254. The molecule has 2 rings (SSSR count). The molecule has 4 heteroatoms. The molecule has 0 saturated carbocycles. The lowest BCUT2D eigenvalue weighted by Crippen LogP contribution is -2.24. The van der Waals surface area contributed by atoms with Gasteiger partial charge in [0, 0.05) is 29.6 Å². The summed E-state index contributed by atoms with van der Waals surface area (Å²) in [6.45, 7) is 2.56. The van der Waals surface area contributed by atoms with E-state index in [1.54, 1.807) is 0 Å². The zero-order valence-corrected chi connectivity index (χ0v) is 13.8. The van der Waals surface area contributed by atoms with Crippen molar-refractivity contribution in [1.29, 1.82) is 5.26 Å². The Morgan fingerprint density at radius 2 is 1.27 bits per heavy atom. The Hall–Kier alpha value is -1.53. The van der Waals surface area contributed by atoms with Crippen molar-refractivity contribution >= 4 is 23.2 Å². The van der Waals surface area contributed by atoms with Crippen molar-refractivity contribution < 1.29 is 0 Å². The van der Waals surface area contributed by atoms with Gasteiger partial charge in [-0.15, -0.1) is 0 Å². The van der Waals surface area contributed by atoms with E-state index in [0.29, 0.717) is 6.42 Å². The second-order valence-electron chi connectivity index (χ2n) is 5.23. The number of hydrogen-bond acceptors (Lipinski definition) is 2. The molecule has 0 bridgehead atoms. The van der Waals surface area contributed by atoms with E-state index in [1.165, 1.54) is 11.1 Å². The van der Waals surface area contributed by atoms with Gasteiger partial charge in [-0.2, -0.15) is 5.26 Å². The Kier molecular flexibility index (Phi) is 6.74. The van der Waals surface area contributed by atoms with Gasteiger partial charge in [-0.25, -0.2) is 0 Å². The Balaban J connectivity index is 2.03. The quantitative estimate of drug-likeness (QED) is 0.643. The second-order valence-corrected chi connectivity index (χ2v) is 6.10. The smallest absolute Gasteiger partial charge is 0.0622 e. The Morgan fingerprint density at radius 1 is 0.818 bits per heavy atom. The summed E-state index contributed by atoms with van der Waals surface area (Å²) in [6.07, 6.45) is 1.45. The topological polar surface area (TPSA) is 27.0 Å². The molecule has 2 aromatic rings. The number of nitrogens with zero attached hydrogens (tertiary/aromatic N) is 2. The van der Waals surface area contributed by atoms with Crippen LogP contribution >= 0.6 is 23.2 Å². The Bertz CT molecular complexity index is 568. The molecule has 0 spiro atoms. The molecular weight excluding hydrogens is 315 g/mol. The van der Waals surface area contributed by atoms with E-state index < -0.39 is 0 Å². The molecule has 0 aliphatic heterocycles. The van der Waals surface area contributed by atoms with E-state index in [4.69, 9.17) is 28.5 Å². The van der Waals surface area contributed by atoms with Gasteiger partial charge in [0.05, 0.1) is 6.07 Å². The molecule has 114 valence electrons. The van der Waals surface area contributed by atoms with Crippen LogP contribution in [-0.2, 0) is 13.1 Å². The first-order valence-corrected chi connectivity index (χ1v) is 8.01. The largest absolute Gasteiger partial charge is 0.295 e. The van der Waals surface area contributed by atoms with Gasteiger partial charge in [-0.3, -0.25) is 4.90 Å². The third-order valence-corrected chi connectivity index (χ3v) is 3.91. The van der Waals surface area contributed by atoms with Crippen molar-refractivity contribution in [3.05, 3.63) is 69.7 Å². The average Bonchev–Trinajstić information content (AvgIpc) is 2.52. The zero-order chi connectivity index (χ0) is 15.8. The van der Waals surface area contributed by atoms with Gasteiger partial charge < -0.3 is 0 Å². The zero-order valence-electron chi connectivity index (χ0n) is 12.3. The fourth-order valence-electron chi connectivity index (χ4n) is 2.29. The third-order valence-electron chi connectivity index (χ3n) is 3.40. The molecule has 0 radical (unpaired) electrons. The van der Waals surface area contributed by atoms with E-state index in [1.807, 2.05) is 48.5 Å². The first-order valence-electron chi connectivity index (χ1n) is 7.25. The number of nitriles is 1. The molecule has 0 unspecified atom stereocenters. The first kappa shape index (κ1) is 16.8. The van der Waals surface area contributed by atoms with Gasteiger partial charge in [-0.05, 0) is 48.4 Å². The number of halogens is 2. The van der Waals surface area contributed by atoms with Crippen LogP contribution in [0.1, 0.15) is 24.0 Å². The molecule has 0 aliphatic rings. The predicted molar refractivity (Wildman–Crippen MR) is 91.9 cm³/mol. The highest BCUT2D eigenvalue weighted by Crippen LogP contribution is 2.16. The maximum absolute atomic E-state index is 8.72. The maximum Gasteiger partial charge on any atom is 0.0622 e. The standard InChI is InChI=1S/C18H18Cl2N2/c19-17-7-3-15(4-8-17)13-22(12-2-1-11-21)14-16-5-9-18(20)10-6-16/h3-10H,1-2,12-14H2.